The van der Waals surface area contributed by atoms with Crippen LogP contribution in [-0.2, 0) is 16.2 Å². The lowest BCUT2D eigenvalue weighted by Crippen LogP contribution is -2.36. The zero-order valence-electron chi connectivity index (χ0n) is 18.6. The maximum absolute atomic E-state index is 13.4. The number of carbonyl (C=O) groups excluding carboxylic acids is 1. The van der Waals surface area contributed by atoms with Crippen molar-refractivity contribution in [3.63, 3.8) is 0 Å². The molecule has 0 fully saturated rings. The Morgan fingerprint density at radius 3 is 2.46 bits per heavy atom. The molecular formula is C17H19F3N8O6S. The fourth-order valence-corrected chi connectivity index (χ4v) is 3.33. The molecule has 0 saturated heterocycles. The lowest BCUT2D eigenvalue weighted by Gasteiger charge is -2.14. The van der Waals surface area contributed by atoms with Gasteiger partial charge in [0.15, 0.2) is 0 Å². The molecule has 18 heteroatoms. The van der Waals surface area contributed by atoms with Gasteiger partial charge >= 0.3 is 18.2 Å². The molecule has 0 aliphatic rings. The molecule has 2 aromatic rings. The number of nitro groups is 1. The number of halogens is 3. The van der Waals surface area contributed by atoms with E-state index < -0.39 is 49.2 Å². The van der Waals surface area contributed by atoms with Gasteiger partial charge in [-0.1, -0.05) is 12.1 Å². The zero-order valence-corrected chi connectivity index (χ0v) is 19.4. The van der Waals surface area contributed by atoms with E-state index in [4.69, 9.17) is 4.84 Å². The minimum Gasteiger partial charge on any atom is -0.347 e. The summed E-state index contributed by atoms with van der Waals surface area (Å²) in [5.74, 6) is -0.525. The van der Waals surface area contributed by atoms with E-state index in [-0.39, 0.29) is 18.0 Å². The number of nitrogens with zero attached hydrogens (tertiary/aromatic N) is 6. The molecule has 0 aliphatic carbocycles. The van der Waals surface area contributed by atoms with Crippen LogP contribution in [0, 0.1) is 10.1 Å². The average molecular weight is 520 g/mol. The number of alkyl halides is 3. The number of aromatic nitrogens is 3. The summed E-state index contributed by atoms with van der Waals surface area (Å²) in [6, 6.07) is -0.913. The highest BCUT2D eigenvalue weighted by Crippen LogP contribution is 2.36. The van der Waals surface area contributed by atoms with E-state index in [1.807, 2.05) is 12.2 Å². The number of hydrogen-bond acceptors (Lipinski definition) is 11. The first-order valence-electron chi connectivity index (χ1n) is 9.47. The summed E-state index contributed by atoms with van der Waals surface area (Å²) >= 11 is 0. The molecule has 2 rings (SSSR count). The molecule has 0 atom stereocenters. The molecule has 2 amide bonds. The lowest BCUT2D eigenvalue weighted by molar-refractivity contribution is -0.385. The molecule has 14 nitrogen and oxygen atoms in total. The summed E-state index contributed by atoms with van der Waals surface area (Å²) in [5, 5.41) is 16.5. The van der Waals surface area contributed by atoms with Crippen LogP contribution in [0.25, 0.3) is 0 Å². The van der Waals surface area contributed by atoms with Crippen molar-refractivity contribution in [3.8, 4) is 6.01 Å². The number of anilines is 2. The first-order valence-corrected chi connectivity index (χ1v) is 11.0. The van der Waals surface area contributed by atoms with E-state index in [0.717, 1.165) is 0 Å². The number of hydrogen-bond donors (Lipinski definition) is 2. The van der Waals surface area contributed by atoms with E-state index in [0.29, 0.717) is 24.3 Å². The number of amides is 2. The minimum atomic E-state index is -5.27. The standard InChI is InChI=1S/C17H19F3N8O6S/c1-5-9(2)25-34-16-23-13(21-14(24-16)27(3)4)22-15(29)26-35(32,33)12-7-6-10(28(30)31)8-11(12)17(18,19)20/h6-8H,5H2,1-4H3,(H2,21,22,23,24,26,29). The van der Waals surface area contributed by atoms with Gasteiger partial charge in [0.2, 0.25) is 11.9 Å². The first-order chi connectivity index (χ1) is 16.1. The number of oxime groups is 1. The highest BCUT2D eigenvalue weighted by Gasteiger charge is 2.39. The molecule has 0 aliphatic heterocycles. The van der Waals surface area contributed by atoms with Crippen LogP contribution in [-0.4, -0.2) is 54.1 Å². The van der Waals surface area contributed by atoms with Crippen LogP contribution in [0.15, 0.2) is 28.3 Å². The summed E-state index contributed by atoms with van der Waals surface area (Å²) in [5.41, 5.74) is -2.24. The third kappa shape index (κ3) is 7.19. The van der Waals surface area contributed by atoms with Gasteiger partial charge in [0.1, 0.15) is 4.90 Å². The van der Waals surface area contributed by atoms with E-state index >= 15 is 0 Å². The van der Waals surface area contributed by atoms with Crippen molar-refractivity contribution in [3.05, 3.63) is 33.9 Å². The van der Waals surface area contributed by atoms with Crippen LogP contribution in [0.5, 0.6) is 6.01 Å². The molecule has 2 N–H and O–H groups in total. The Labute approximate surface area is 196 Å². The predicted molar refractivity (Wildman–Crippen MR) is 116 cm³/mol. The van der Waals surface area contributed by atoms with Gasteiger partial charge in [-0.3, -0.25) is 15.4 Å². The first kappa shape index (κ1) is 27.2. The van der Waals surface area contributed by atoms with Crippen molar-refractivity contribution >= 4 is 39.4 Å². The highest BCUT2D eigenvalue weighted by atomic mass is 32.2. The van der Waals surface area contributed by atoms with Gasteiger partial charge in [-0.05, 0) is 19.4 Å². The SMILES string of the molecule is CCC(C)=NOc1nc(NC(=O)NS(=O)(=O)c2ccc([N+](=O)[O-])cc2C(F)(F)F)nc(N(C)C)n1. The molecule has 0 spiro atoms. The maximum Gasteiger partial charge on any atom is 0.417 e. The Balaban J connectivity index is 2.35. The van der Waals surface area contributed by atoms with Crippen molar-refractivity contribution in [2.75, 3.05) is 24.3 Å². The Hall–Kier alpha value is -4.09. The second kappa shape index (κ2) is 10.5. The molecule has 1 heterocycles. The largest absolute Gasteiger partial charge is 0.417 e. The number of nitro benzene ring substituents is 1. The summed E-state index contributed by atoms with van der Waals surface area (Å²) in [4.78, 5) is 38.5. The average Bonchev–Trinajstić information content (AvgIpc) is 2.75. The molecular weight excluding hydrogens is 501 g/mol. The van der Waals surface area contributed by atoms with Crippen molar-refractivity contribution in [1.82, 2.24) is 19.7 Å². The van der Waals surface area contributed by atoms with Crippen molar-refractivity contribution in [2.45, 2.75) is 31.3 Å². The Morgan fingerprint density at radius 2 is 1.91 bits per heavy atom. The Bertz CT molecular complexity index is 1270. The van der Waals surface area contributed by atoms with Crippen LogP contribution in [0.4, 0.5) is 35.5 Å². The molecule has 190 valence electrons. The van der Waals surface area contributed by atoms with E-state index in [1.165, 1.54) is 9.62 Å². The van der Waals surface area contributed by atoms with Crippen LogP contribution in [0.3, 0.4) is 0 Å². The van der Waals surface area contributed by atoms with Crippen molar-refractivity contribution in [2.24, 2.45) is 5.16 Å². The van der Waals surface area contributed by atoms with Gasteiger partial charge in [0, 0.05) is 26.2 Å². The quantitative estimate of drug-likeness (QED) is 0.298. The second-order valence-electron chi connectivity index (χ2n) is 6.90. The lowest BCUT2D eigenvalue weighted by atomic mass is 10.2. The van der Waals surface area contributed by atoms with Crippen molar-refractivity contribution in [1.29, 1.82) is 0 Å². The molecule has 0 radical (unpaired) electrons. The summed E-state index contributed by atoms with van der Waals surface area (Å²) < 4.78 is 66.4. The third-order valence-corrected chi connectivity index (χ3v) is 5.41. The van der Waals surface area contributed by atoms with Gasteiger partial charge in [-0.2, -0.15) is 28.1 Å². The molecule has 35 heavy (non-hydrogen) atoms. The van der Waals surface area contributed by atoms with Crippen LogP contribution < -0.4 is 19.8 Å². The number of nitrogens with one attached hydrogen (secondary N) is 2. The second-order valence-corrected chi connectivity index (χ2v) is 8.55. The summed E-state index contributed by atoms with van der Waals surface area (Å²) in [6.07, 6.45) is -4.72. The summed E-state index contributed by atoms with van der Waals surface area (Å²) in [6.45, 7) is 3.48. The normalized spacial score (nSPS) is 12.1. The zero-order chi connectivity index (χ0) is 26.6. The van der Waals surface area contributed by atoms with Gasteiger partial charge in [-0.15, -0.1) is 0 Å². The fraction of sp³-hybridized carbons (Fsp3) is 0.353. The van der Waals surface area contributed by atoms with Gasteiger partial charge in [0.05, 0.1) is 16.2 Å². The molecule has 0 bridgehead atoms. The number of sulfonamides is 1. The number of rotatable bonds is 8. The smallest absolute Gasteiger partial charge is 0.347 e. The van der Waals surface area contributed by atoms with E-state index in [1.54, 1.807) is 21.0 Å². The predicted octanol–water partition coefficient (Wildman–Crippen LogP) is 2.54. The molecule has 1 aromatic heterocycles. The molecule has 1 aromatic carbocycles. The Morgan fingerprint density at radius 1 is 1.26 bits per heavy atom. The van der Waals surface area contributed by atoms with Gasteiger partial charge < -0.3 is 9.74 Å². The Kier molecular flexibility index (Phi) is 8.11. The van der Waals surface area contributed by atoms with Crippen LogP contribution >= 0.6 is 0 Å². The molecule has 0 unspecified atom stereocenters. The van der Waals surface area contributed by atoms with Crippen LogP contribution in [0.2, 0.25) is 0 Å². The number of non-ortho nitro benzene ring substituents is 1. The topological polar surface area (TPSA) is 182 Å². The number of carbonyl (C=O) groups is 1. The molecule has 0 saturated carbocycles. The van der Waals surface area contributed by atoms with Gasteiger partial charge in [0.25, 0.3) is 15.7 Å². The van der Waals surface area contributed by atoms with Gasteiger partial charge in [-0.25, -0.2) is 17.9 Å². The minimum absolute atomic E-state index is 0.0211. The summed E-state index contributed by atoms with van der Waals surface area (Å²) in [7, 11) is -2.05. The fourth-order valence-electron chi connectivity index (χ4n) is 2.22. The van der Waals surface area contributed by atoms with Crippen molar-refractivity contribution < 1.29 is 36.1 Å². The third-order valence-electron chi connectivity index (χ3n) is 4.02. The van der Waals surface area contributed by atoms with E-state index in [2.05, 4.69) is 20.1 Å². The van der Waals surface area contributed by atoms with Crippen LogP contribution in [0.1, 0.15) is 25.8 Å². The highest BCUT2D eigenvalue weighted by molar-refractivity contribution is 7.90. The monoisotopic (exact) mass is 520 g/mol. The number of urea groups is 1. The van der Waals surface area contributed by atoms with E-state index in [9.17, 15) is 36.5 Å². The maximum atomic E-state index is 13.4. The number of benzene rings is 1.